The lowest BCUT2D eigenvalue weighted by molar-refractivity contribution is 0.0435. The van der Waals surface area contributed by atoms with Gasteiger partial charge in [0.05, 0.1) is 12.5 Å². The lowest BCUT2D eigenvalue weighted by Crippen LogP contribution is -2.38. The number of hydrogen-bond acceptors (Lipinski definition) is 2. The van der Waals surface area contributed by atoms with Gasteiger partial charge >= 0.3 is 0 Å². The molecule has 0 radical (unpaired) electrons. The van der Waals surface area contributed by atoms with Gasteiger partial charge < -0.3 is 9.47 Å². The number of ether oxygens (including phenoxy) is 2. The molecule has 2 heterocycles. The third-order valence-electron chi connectivity index (χ3n) is 4.11. The molecule has 90 valence electrons. The summed E-state index contributed by atoms with van der Waals surface area (Å²) >= 11 is 0. The molecule has 4 rings (SSSR count). The molecule has 2 aromatic rings. The van der Waals surface area contributed by atoms with Crippen LogP contribution >= 0.6 is 0 Å². The Balaban J connectivity index is 1.93. The molecule has 0 aromatic heterocycles. The van der Waals surface area contributed by atoms with Gasteiger partial charge in [0.1, 0.15) is 17.1 Å². The van der Waals surface area contributed by atoms with Gasteiger partial charge in [-0.2, -0.15) is 0 Å². The third kappa shape index (κ3) is 1.13. The van der Waals surface area contributed by atoms with E-state index in [1.807, 2.05) is 30.3 Å². The molecule has 0 aliphatic carbocycles. The number of rotatable bonds is 0. The zero-order valence-electron chi connectivity index (χ0n) is 10.2. The van der Waals surface area contributed by atoms with Gasteiger partial charge in [-0.3, -0.25) is 0 Å². The van der Waals surface area contributed by atoms with Crippen LogP contribution in [0.5, 0.6) is 11.5 Å². The molecule has 0 saturated heterocycles. The summed E-state index contributed by atoms with van der Waals surface area (Å²) < 4.78 is 12.1. The summed E-state index contributed by atoms with van der Waals surface area (Å²) in [5, 5.41) is 0. The van der Waals surface area contributed by atoms with Gasteiger partial charge in [-0.25, -0.2) is 0 Å². The van der Waals surface area contributed by atoms with E-state index >= 15 is 0 Å². The third-order valence-corrected chi connectivity index (χ3v) is 4.11. The standard InChI is InChI=1S/C16H14O2/c1-16-12-7-3-5-9-15(12)17-10-13(16)11-6-2-4-8-14(11)18-16/h2-9,13H,10H2,1H3/t13-,16-/m1/s1. The molecular weight excluding hydrogens is 224 g/mol. The van der Waals surface area contributed by atoms with Crippen LogP contribution in [0.2, 0.25) is 0 Å². The first kappa shape index (κ1) is 10.0. The van der Waals surface area contributed by atoms with Crippen molar-refractivity contribution in [2.75, 3.05) is 6.61 Å². The molecular formula is C16H14O2. The highest BCUT2D eigenvalue weighted by Gasteiger charge is 2.50. The van der Waals surface area contributed by atoms with E-state index in [4.69, 9.17) is 9.47 Å². The fourth-order valence-electron chi connectivity index (χ4n) is 3.12. The Morgan fingerprint density at radius 3 is 2.61 bits per heavy atom. The van der Waals surface area contributed by atoms with E-state index in [9.17, 15) is 0 Å². The maximum atomic E-state index is 6.24. The van der Waals surface area contributed by atoms with E-state index in [-0.39, 0.29) is 11.5 Å². The van der Waals surface area contributed by atoms with E-state index < -0.39 is 0 Å². The van der Waals surface area contributed by atoms with Crippen LogP contribution in [0.3, 0.4) is 0 Å². The van der Waals surface area contributed by atoms with Gasteiger partial charge in [-0.15, -0.1) is 0 Å². The molecule has 2 aliphatic rings. The molecule has 0 fully saturated rings. The van der Waals surface area contributed by atoms with Crippen molar-refractivity contribution in [1.82, 2.24) is 0 Å². The van der Waals surface area contributed by atoms with Crippen LogP contribution in [0.15, 0.2) is 48.5 Å². The minimum Gasteiger partial charge on any atom is -0.492 e. The predicted molar refractivity (Wildman–Crippen MR) is 69.1 cm³/mol. The quantitative estimate of drug-likeness (QED) is 0.699. The predicted octanol–water partition coefficient (Wildman–Crippen LogP) is 3.47. The van der Waals surface area contributed by atoms with Gasteiger partial charge in [0.15, 0.2) is 0 Å². The molecule has 2 heteroatoms. The van der Waals surface area contributed by atoms with Crippen molar-refractivity contribution in [3.8, 4) is 11.5 Å². The number of benzene rings is 2. The van der Waals surface area contributed by atoms with Crippen LogP contribution in [0.25, 0.3) is 0 Å². The monoisotopic (exact) mass is 238 g/mol. The van der Waals surface area contributed by atoms with Crippen LogP contribution in [-0.2, 0) is 5.60 Å². The molecule has 0 amide bonds. The zero-order chi connectivity index (χ0) is 12.2. The summed E-state index contributed by atoms with van der Waals surface area (Å²) in [7, 11) is 0. The van der Waals surface area contributed by atoms with E-state index in [0.29, 0.717) is 6.61 Å². The summed E-state index contributed by atoms with van der Waals surface area (Å²) in [6, 6.07) is 16.4. The van der Waals surface area contributed by atoms with E-state index in [2.05, 4.69) is 25.1 Å². The van der Waals surface area contributed by atoms with Crippen molar-refractivity contribution < 1.29 is 9.47 Å². The lowest BCUT2D eigenvalue weighted by atomic mass is 9.79. The second-order valence-electron chi connectivity index (χ2n) is 5.11. The minimum absolute atomic E-state index is 0.281. The van der Waals surface area contributed by atoms with Crippen molar-refractivity contribution in [2.45, 2.75) is 18.4 Å². The fourth-order valence-corrected chi connectivity index (χ4v) is 3.12. The Kier molecular flexibility index (Phi) is 1.83. The molecule has 2 aromatic carbocycles. The Morgan fingerprint density at radius 1 is 1.00 bits per heavy atom. The zero-order valence-corrected chi connectivity index (χ0v) is 10.2. The van der Waals surface area contributed by atoms with Crippen molar-refractivity contribution in [2.24, 2.45) is 0 Å². The highest BCUT2D eigenvalue weighted by atomic mass is 16.5. The van der Waals surface area contributed by atoms with E-state index in [1.54, 1.807) is 0 Å². The second kappa shape index (κ2) is 3.29. The van der Waals surface area contributed by atoms with Crippen LogP contribution in [0, 0.1) is 0 Å². The molecule has 0 unspecified atom stereocenters. The summed E-state index contributed by atoms with van der Waals surface area (Å²) in [5.41, 5.74) is 2.12. The normalized spacial score (nSPS) is 27.5. The second-order valence-corrected chi connectivity index (χ2v) is 5.11. The first-order valence-electron chi connectivity index (χ1n) is 6.29. The summed E-state index contributed by atoms with van der Waals surface area (Å²) in [6.07, 6.45) is 0. The summed E-state index contributed by atoms with van der Waals surface area (Å²) in [4.78, 5) is 0. The lowest BCUT2D eigenvalue weighted by Gasteiger charge is -2.36. The minimum atomic E-state index is -0.293. The first-order chi connectivity index (χ1) is 8.79. The van der Waals surface area contributed by atoms with Gasteiger partial charge in [0.2, 0.25) is 0 Å². The first-order valence-corrected chi connectivity index (χ1v) is 6.29. The Bertz CT molecular complexity index is 620. The van der Waals surface area contributed by atoms with Crippen molar-refractivity contribution >= 4 is 0 Å². The van der Waals surface area contributed by atoms with Gasteiger partial charge in [0, 0.05) is 11.1 Å². The maximum Gasteiger partial charge on any atom is 0.145 e. The van der Waals surface area contributed by atoms with Crippen LogP contribution in [0.1, 0.15) is 24.0 Å². The smallest absolute Gasteiger partial charge is 0.145 e. The van der Waals surface area contributed by atoms with Crippen LogP contribution in [0.4, 0.5) is 0 Å². The Labute approximate surface area is 106 Å². The highest BCUT2D eigenvalue weighted by molar-refractivity contribution is 5.51. The van der Waals surface area contributed by atoms with Gasteiger partial charge in [-0.1, -0.05) is 36.4 Å². The molecule has 2 atom stereocenters. The molecule has 2 nitrogen and oxygen atoms in total. The average molecular weight is 238 g/mol. The number of para-hydroxylation sites is 2. The molecule has 0 N–H and O–H groups in total. The molecule has 0 bridgehead atoms. The molecule has 0 saturated carbocycles. The number of hydrogen-bond donors (Lipinski definition) is 0. The van der Waals surface area contributed by atoms with Gasteiger partial charge in [-0.05, 0) is 19.1 Å². The van der Waals surface area contributed by atoms with Crippen LogP contribution < -0.4 is 9.47 Å². The van der Waals surface area contributed by atoms with E-state index in [1.165, 1.54) is 5.56 Å². The van der Waals surface area contributed by atoms with Crippen molar-refractivity contribution in [3.63, 3.8) is 0 Å². The molecule has 2 aliphatic heterocycles. The highest BCUT2D eigenvalue weighted by Crippen LogP contribution is 2.54. The Morgan fingerprint density at radius 2 is 1.72 bits per heavy atom. The van der Waals surface area contributed by atoms with Gasteiger partial charge in [0.25, 0.3) is 0 Å². The topological polar surface area (TPSA) is 18.5 Å². The van der Waals surface area contributed by atoms with Crippen LogP contribution in [-0.4, -0.2) is 6.61 Å². The van der Waals surface area contributed by atoms with Crippen molar-refractivity contribution in [1.29, 1.82) is 0 Å². The number of fused-ring (bicyclic) bond motifs is 5. The SMILES string of the molecule is C[C@]12Oc3ccccc3[C@H]1COc1ccccc12. The molecule has 18 heavy (non-hydrogen) atoms. The average Bonchev–Trinajstić information content (AvgIpc) is 2.71. The maximum absolute atomic E-state index is 6.24. The Hall–Kier alpha value is -1.96. The fraction of sp³-hybridized carbons (Fsp3) is 0.250. The van der Waals surface area contributed by atoms with Crippen molar-refractivity contribution in [3.05, 3.63) is 59.7 Å². The summed E-state index contributed by atoms with van der Waals surface area (Å²) in [6.45, 7) is 2.85. The molecule has 0 spiro atoms. The summed E-state index contributed by atoms with van der Waals surface area (Å²) in [5.74, 6) is 2.22. The largest absolute Gasteiger partial charge is 0.492 e. The van der Waals surface area contributed by atoms with E-state index in [0.717, 1.165) is 17.1 Å².